The van der Waals surface area contributed by atoms with Crippen LogP contribution in [0.2, 0.25) is 0 Å². The lowest BCUT2D eigenvalue weighted by Crippen LogP contribution is -2.13. The molecule has 0 aliphatic rings. The van der Waals surface area contributed by atoms with E-state index in [9.17, 15) is 0 Å². The maximum Gasteiger partial charge on any atom is 0.0543 e. The zero-order valence-electron chi connectivity index (χ0n) is 8.31. The minimum atomic E-state index is 0.705. The first-order valence-electron chi connectivity index (χ1n) is 4.77. The van der Waals surface area contributed by atoms with Gasteiger partial charge in [-0.3, -0.25) is 4.98 Å². The van der Waals surface area contributed by atoms with E-state index >= 15 is 0 Å². The second-order valence-corrected chi connectivity index (χ2v) is 4.10. The standard InChI is InChI=1S/C11H13N3S/c12-10-1-2-11(14-6-10)7-13-5-9-3-4-15-8-9/h1-4,6,8,13H,5,7,12H2. The molecule has 0 amide bonds. The van der Waals surface area contributed by atoms with Crippen molar-refractivity contribution in [2.45, 2.75) is 13.1 Å². The van der Waals surface area contributed by atoms with E-state index in [0.717, 1.165) is 18.8 Å². The van der Waals surface area contributed by atoms with E-state index in [0.29, 0.717) is 5.69 Å². The van der Waals surface area contributed by atoms with Crippen LogP contribution in [0.1, 0.15) is 11.3 Å². The first kappa shape index (κ1) is 10.1. The van der Waals surface area contributed by atoms with Crippen LogP contribution in [-0.2, 0) is 13.1 Å². The molecule has 3 N–H and O–H groups in total. The Kier molecular flexibility index (Phi) is 3.32. The van der Waals surface area contributed by atoms with Crippen molar-refractivity contribution in [2.24, 2.45) is 0 Å². The van der Waals surface area contributed by atoms with Gasteiger partial charge in [-0.25, -0.2) is 0 Å². The summed E-state index contributed by atoms with van der Waals surface area (Å²) in [5.41, 5.74) is 8.58. The lowest BCUT2D eigenvalue weighted by Gasteiger charge is -2.02. The van der Waals surface area contributed by atoms with Crippen molar-refractivity contribution in [1.82, 2.24) is 10.3 Å². The van der Waals surface area contributed by atoms with Gasteiger partial charge in [0.25, 0.3) is 0 Å². The summed E-state index contributed by atoms with van der Waals surface area (Å²) in [6, 6.07) is 5.93. The van der Waals surface area contributed by atoms with E-state index in [1.165, 1.54) is 5.56 Å². The highest BCUT2D eigenvalue weighted by Gasteiger charge is 1.95. The van der Waals surface area contributed by atoms with E-state index in [-0.39, 0.29) is 0 Å². The van der Waals surface area contributed by atoms with Crippen LogP contribution in [0.25, 0.3) is 0 Å². The van der Waals surface area contributed by atoms with Gasteiger partial charge >= 0.3 is 0 Å². The second kappa shape index (κ2) is 4.91. The van der Waals surface area contributed by atoms with Crippen molar-refractivity contribution < 1.29 is 0 Å². The van der Waals surface area contributed by atoms with Crippen LogP contribution in [0.15, 0.2) is 35.2 Å². The number of nitrogens with two attached hydrogens (primary N) is 1. The molecule has 0 aliphatic carbocycles. The molecule has 2 aromatic rings. The Morgan fingerprint density at radius 3 is 2.87 bits per heavy atom. The Morgan fingerprint density at radius 2 is 2.20 bits per heavy atom. The molecule has 0 saturated heterocycles. The molecule has 2 heterocycles. The summed E-state index contributed by atoms with van der Waals surface area (Å²) < 4.78 is 0. The third-order valence-corrected chi connectivity index (χ3v) is 2.80. The predicted octanol–water partition coefficient (Wildman–Crippen LogP) is 2.02. The Morgan fingerprint density at radius 1 is 1.27 bits per heavy atom. The molecule has 0 spiro atoms. The number of anilines is 1. The molecule has 0 unspecified atom stereocenters. The minimum Gasteiger partial charge on any atom is -0.397 e. The lowest BCUT2D eigenvalue weighted by atomic mass is 10.3. The van der Waals surface area contributed by atoms with Crippen molar-refractivity contribution in [3.63, 3.8) is 0 Å². The molecule has 15 heavy (non-hydrogen) atoms. The molecule has 0 aromatic carbocycles. The maximum atomic E-state index is 5.55. The third-order valence-electron chi connectivity index (χ3n) is 2.06. The first-order chi connectivity index (χ1) is 7.34. The van der Waals surface area contributed by atoms with E-state index in [4.69, 9.17) is 5.73 Å². The Balaban J connectivity index is 1.81. The van der Waals surface area contributed by atoms with Crippen LogP contribution < -0.4 is 11.1 Å². The SMILES string of the molecule is Nc1ccc(CNCc2ccsc2)nc1. The molecule has 2 aromatic heterocycles. The zero-order valence-corrected chi connectivity index (χ0v) is 9.13. The van der Waals surface area contributed by atoms with Gasteiger partial charge in [0.2, 0.25) is 0 Å². The maximum absolute atomic E-state index is 5.55. The molecule has 4 heteroatoms. The zero-order chi connectivity index (χ0) is 10.5. The van der Waals surface area contributed by atoms with Gasteiger partial charge in [-0.1, -0.05) is 0 Å². The Bertz CT molecular complexity index is 394. The highest BCUT2D eigenvalue weighted by Crippen LogP contribution is 2.06. The van der Waals surface area contributed by atoms with Crippen LogP contribution in [-0.4, -0.2) is 4.98 Å². The topological polar surface area (TPSA) is 50.9 Å². The monoisotopic (exact) mass is 219 g/mol. The van der Waals surface area contributed by atoms with Crippen LogP contribution in [0, 0.1) is 0 Å². The Hall–Kier alpha value is -1.39. The summed E-state index contributed by atoms with van der Waals surface area (Å²) in [5.74, 6) is 0. The number of thiophene rings is 1. The molecular weight excluding hydrogens is 206 g/mol. The lowest BCUT2D eigenvalue weighted by molar-refractivity contribution is 0.681. The molecule has 0 aliphatic heterocycles. The molecule has 78 valence electrons. The molecule has 0 fully saturated rings. The smallest absolute Gasteiger partial charge is 0.0543 e. The quantitative estimate of drug-likeness (QED) is 0.827. The normalized spacial score (nSPS) is 10.4. The van der Waals surface area contributed by atoms with Gasteiger partial charge in [-0.2, -0.15) is 11.3 Å². The van der Waals surface area contributed by atoms with Crippen molar-refractivity contribution in [2.75, 3.05) is 5.73 Å². The second-order valence-electron chi connectivity index (χ2n) is 3.32. The summed E-state index contributed by atoms with van der Waals surface area (Å²) in [6.45, 7) is 1.66. The number of nitrogens with zero attached hydrogens (tertiary/aromatic N) is 1. The molecule has 0 bridgehead atoms. The van der Waals surface area contributed by atoms with Crippen molar-refractivity contribution in [3.05, 3.63) is 46.4 Å². The van der Waals surface area contributed by atoms with Gasteiger partial charge in [-0.05, 0) is 34.5 Å². The summed E-state index contributed by atoms with van der Waals surface area (Å²) in [7, 11) is 0. The number of pyridine rings is 1. The largest absolute Gasteiger partial charge is 0.397 e. The highest BCUT2D eigenvalue weighted by molar-refractivity contribution is 7.07. The van der Waals surface area contributed by atoms with Gasteiger partial charge in [0, 0.05) is 13.1 Å². The highest BCUT2D eigenvalue weighted by atomic mass is 32.1. The summed E-state index contributed by atoms with van der Waals surface area (Å²) in [5, 5.41) is 7.55. The summed E-state index contributed by atoms with van der Waals surface area (Å²) in [4.78, 5) is 4.21. The van der Waals surface area contributed by atoms with Crippen molar-refractivity contribution >= 4 is 17.0 Å². The summed E-state index contributed by atoms with van der Waals surface area (Å²) in [6.07, 6.45) is 1.68. The number of hydrogen-bond acceptors (Lipinski definition) is 4. The van der Waals surface area contributed by atoms with E-state index in [1.807, 2.05) is 12.1 Å². The van der Waals surface area contributed by atoms with Gasteiger partial charge in [0.15, 0.2) is 0 Å². The molecular formula is C11H13N3S. The molecule has 0 saturated carbocycles. The number of nitrogens with one attached hydrogen (secondary N) is 1. The van der Waals surface area contributed by atoms with E-state index < -0.39 is 0 Å². The van der Waals surface area contributed by atoms with Crippen LogP contribution >= 0.6 is 11.3 Å². The van der Waals surface area contributed by atoms with E-state index in [2.05, 4.69) is 27.1 Å². The van der Waals surface area contributed by atoms with Crippen molar-refractivity contribution in [1.29, 1.82) is 0 Å². The number of rotatable bonds is 4. The van der Waals surface area contributed by atoms with Crippen LogP contribution in [0.5, 0.6) is 0 Å². The fourth-order valence-corrected chi connectivity index (χ4v) is 1.94. The van der Waals surface area contributed by atoms with Gasteiger partial charge < -0.3 is 11.1 Å². The average molecular weight is 219 g/mol. The first-order valence-corrected chi connectivity index (χ1v) is 5.71. The fourth-order valence-electron chi connectivity index (χ4n) is 1.27. The predicted molar refractivity (Wildman–Crippen MR) is 63.5 cm³/mol. The fraction of sp³-hybridized carbons (Fsp3) is 0.182. The average Bonchev–Trinajstić information content (AvgIpc) is 2.74. The van der Waals surface area contributed by atoms with E-state index in [1.54, 1.807) is 17.5 Å². The van der Waals surface area contributed by atoms with Gasteiger partial charge in [0.05, 0.1) is 17.6 Å². The Labute approximate surface area is 93.0 Å². The van der Waals surface area contributed by atoms with Gasteiger partial charge in [0.1, 0.15) is 0 Å². The van der Waals surface area contributed by atoms with Crippen LogP contribution in [0.3, 0.4) is 0 Å². The summed E-state index contributed by atoms with van der Waals surface area (Å²) >= 11 is 1.72. The number of nitrogen functional groups attached to an aromatic ring is 1. The number of aromatic nitrogens is 1. The number of hydrogen-bond donors (Lipinski definition) is 2. The van der Waals surface area contributed by atoms with Crippen molar-refractivity contribution in [3.8, 4) is 0 Å². The van der Waals surface area contributed by atoms with Gasteiger partial charge in [-0.15, -0.1) is 0 Å². The van der Waals surface area contributed by atoms with Crippen LogP contribution in [0.4, 0.5) is 5.69 Å². The minimum absolute atomic E-state index is 0.705. The molecule has 0 atom stereocenters. The third kappa shape index (κ3) is 3.04. The molecule has 0 radical (unpaired) electrons. The molecule has 3 nitrogen and oxygen atoms in total. The molecule has 2 rings (SSSR count).